The van der Waals surface area contributed by atoms with E-state index in [4.69, 9.17) is 4.74 Å². The van der Waals surface area contributed by atoms with Crippen LogP contribution in [0, 0.1) is 5.92 Å². The highest BCUT2D eigenvalue weighted by Gasteiger charge is 2.15. The number of hydrogen-bond donors (Lipinski definition) is 1. The van der Waals surface area contributed by atoms with Crippen molar-refractivity contribution in [3.8, 4) is 0 Å². The molecule has 82 valence electrons. The van der Waals surface area contributed by atoms with Crippen LogP contribution in [0.3, 0.4) is 0 Å². The van der Waals surface area contributed by atoms with Gasteiger partial charge in [0.05, 0.1) is 6.61 Å². The summed E-state index contributed by atoms with van der Waals surface area (Å²) in [7, 11) is 0. The molecule has 0 amide bonds. The van der Waals surface area contributed by atoms with Crippen molar-refractivity contribution in [2.75, 3.05) is 45.9 Å². The highest BCUT2D eigenvalue weighted by molar-refractivity contribution is 4.69. The third kappa shape index (κ3) is 3.23. The molecule has 0 aromatic heterocycles. The second-order valence-corrected chi connectivity index (χ2v) is 4.48. The first kappa shape index (κ1) is 10.4. The second-order valence-electron chi connectivity index (χ2n) is 4.48. The molecule has 2 heterocycles. The molecule has 0 saturated carbocycles. The zero-order valence-corrected chi connectivity index (χ0v) is 9.00. The molecular weight excluding hydrogens is 176 g/mol. The first-order chi connectivity index (χ1) is 6.95. The predicted octanol–water partition coefficient (Wildman–Crippen LogP) is 0.708. The molecule has 2 rings (SSSR count). The Morgan fingerprint density at radius 2 is 2.14 bits per heavy atom. The van der Waals surface area contributed by atoms with Crippen molar-refractivity contribution in [1.82, 2.24) is 10.2 Å². The van der Waals surface area contributed by atoms with E-state index in [9.17, 15) is 0 Å². The van der Waals surface area contributed by atoms with Gasteiger partial charge in [-0.15, -0.1) is 0 Å². The summed E-state index contributed by atoms with van der Waals surface area (Å²) in [4.78, 5) is 2.55. The summed E-state index contributed by atoms with van der Waals surface area (Å²) in [5.41, 5.74) is 0. The van der Waals surface area contributed by atoms with Crippen molar-refractivity contribution in [3.05, 3.63) is 0 Å². The number of rotatable bonds is 5. The van der Waals surface area contributed by atoms with Crippen molar-refractivity contribution >= 4 is 0 Å². The molecule has 0 aromatic rings. The zero-order valence-electron chi connectivity index (χ0n) is 9.00. The summed E-state index contributed by atoms with van der Waals surface area (Å²) >= 11 is 0. The van der Waals surface area contributed by atoms with Crippen LogP contribution in [0.2, 0.25) is 0 Å². The molecule has 0 spiro atoms. The maximum Gasteiger partial charge on any atom is 0.0507 e. The third-order valence-corrected chi connectivity index (χ3v) is 3.26. The fraction of sp³-hybridized carbons (Fsp3) is 1.00. The number of nitrogens with one attached hydrogen (secondary N) is 1. The summed E-state index contributed by atoms with van der Waals surface area (Å²) in [6.07, 6.45) is 4.05. The van der Waals surface area contributed by atoms with Gasteiger partial charge < -0.3 is 15.0 Å². The van der Waals surface area contributed by atoms with E-state index < -0.39 is 0 Å². The lowest BCUT2D eigenvalue weighted by atomic mass is 10.1. The van der Waals surface area contributed by atoms with E-state index in [0.29, 0.717) is 0 Å². The van der Waals surface area contributed by atoms with Gasteiger partial charge in [0, 0.05) is 26.2 Å². The largest absolute Gasteiger partial charge is 0.381 e. The van der Waals surface area contributed by atoms with Crippen LogP contribution in [-0.4, -0.2) is 50.8 Å². The number of ether oxygens (including phenoxy) is 1. The van der Waals surface area contributed by atoms with Gasteiger partial charge >= 0.3 is 0 Å². The maximum atomic E-state index is 5.34. The van der Waals surface area contributed by atoms with Gasteiger partial charge in [-0.05, 0) is 38.3 Å². The van der Waals surface area contributed by atoms with E-state index in [0.717, 1.165) is 32.2 Å². The Hall–Kier alpha value is -0.120. The van der Waals surface area contributed by atoms with Gasteiger partial charge in [-0.1, -0.05) is 0 Å². The Morgan fingerprint density at radius 3 is 2.86 bits per heavy atom. The number of nitrogens with zero attached hydrogens (tertiary/aromatic N) is 1. The van der Waals surface area contributed by atoms with Crippen LogP contribution < -0.4 is 5.32 Å². The van der Waals surface area contributed by atoms with Crippen molar-refractivity contribution in [2.24, 2.45) is 5.92 Å². The number of hydrogen-bond acceptors (Lipinski definition) is 3. The summed E-state index contributed by atoms with van der Waals surface area (Å²) < 4.78 is 5.34. The van der Waals surface area contributed by atoms with Crippen molar-refractivity contribution < 1.29 is 4.74 Å². The van der Waals surface area contributed by atoms with E-state index in [-0.39, 0.29) is 0 Å². The standard InChI is InChI=1S/C11H22N2O/c1-2-6-13(5-1)7-4-12-9-11-3-8-14-10-11/h11-12H,1-10H2. The SMILES string of the molecule is C1CCN(CCNCC2CCOC2)C1. The summed E-state index contributed by atoms with van der Waals surface area (Å²) in [6, 6.07) is 0. The molecule has 3 nitrogen and oxygen atoms in total. The molecule has 14 heavy (non-hydrogen) atoms. The lowest BCUT2D eigenvalue weighted by Crippen LogP contribution is -2.32. The smallest absolute Gasteiger partial charge is 0.0507 e. The van der Waals surface area contributed by atoms with Crippen LogP contribution in [0.5, 0.6) is 0 Å². The van der Waals surface area contributed by atoms with E-state index in [1.54, 1.807) is 0 Å². The fourth-order valence-corrected chi connectivity index (χ4v) is 2.29. The molecule has 2 fully saturated rings. The maximum absolute atomic E-state index is 5.34. The van der Waals surface area contributed by atoms with Crippen LogP contribution in [0.25, 0.3) is 0 Å². The molecular formula is C11H22N2O. The van der Waals surface area contributed by atoms with Gasteiger partial charge in [0.25, 0.3) is 0 Å². The van der Waals surface area contributed by atoms with E-state index in [1.807, 2.05) is 0 Å². The molecule has 0 bridgehead atoms. The minimum absolute atomic E-state index is 0.772. The van der Waals surface area contributed by atoms with Gasteiger partial charge in [0.2, 0.25) is 0 Å². The topological polar surface area (TPSA) is 24.5 Å². The van der Waals surface area contributed by atoms with Gasteiger partial charge in [-0.25, -0.2) is 0 Å². The zero-order chi connectivity index (χ0) is 9.64. The van der Waals surface area contributed by atoms with Gasteiger partial charge in [0.1, 0.15) is 0 Å². The Kier molecular flexibility index (Phi) is 4.22. The molecule has 1 N–H and O–H groups in total. The normalized spacial score (nSPS) is 28.7. The van der Waals surface area contributed by atoms with Crippen LogP contribution in [0.4, 0.5) is 0 Å². The first-order valence-corrected chi connectivity index (χ1v) is 5.96. The monoisotopic (exact) mass is 198 g/mol. The average Bonchev–Trinajstić information content (AvgIpc) is 2.86. The van der Waals surface area contributed by atoms with E-state index in [1.165, 1.54) is 38.9 Å². The molecule has 0 aliphatic carbocycles. The third-order valence-electron chi connectivity index (χ3n) is 3.26. The average molecular weight is 198 g/mol. The Labute approximate surface area is 86.8 Å². The number of likely N-dealkylation sites (tertiary alicyclic amines) is 1. The van der Waals surface area contributed by atoms with Gasteiger partial charge in [-0.2, -0.15) is 0 Å². The predicted molar refractivity (Wildman–Crippen MR) is 57.5 cm³/mol. The molecule has 1 unspecified atom stereocenters. The first-order valence-electron chi connectivity index (χ1n) is 5.96. The lowest BCUT2D eigenvalue weighted by Gasteiger charge is -2.15. The Balaban J connectivity index is 1.46. The fourth-order valence-electron chi connectivity index (χ4n) is 2.29. The molecule has 1 atom stereocenters. The van der Waals surface area contributed by atoms with Crippen LogP contribution in [0.1, 0.15) is 19.3 Å². The quantitative estimate of drug-likeness (QED) is 0.658. The van der Waals surface area contributed by atoms with Crippen LogP contribution in [0.15, 0.2) is 0 Å². The molecule has 2 aliphatic heterocycles. The summed E-state index contributed by atoms with van der Waals surface area (Å²) in [5, 5.41) is 3.53. The van der Waals surface area contributed by atoms with E-state index >= 15 is 0 Å². The van der Waals surface area contributed by atoms with Crippen molar-refractivity contribution in [2.45, 2.75) is 19.3 Å². The molecule has 3 heteroatoms. The van der Waals surface area contributed by atoms with E-state index in [2.05, 4.69) is 10.2 Å². The summed E-state index contributed by atoms with van der Waals surface area (Å²) in [5.74, 6) is 0.772. The molecule has 2 saturated heterocycles. The van der Waals surface area contributed by atoms with Crippen LogP contribution >= 0.6 is 0 Å². The highest BCUT2D eigenvalue weighted by atomic mass is 16.5. The second kappa shape index (κ2) is 5.69. The molecule has 0 radical (unpaired) electrons. The van der Waals surface area contributed by atoms with Crippen molar-refractivity contribution in [3.63, 3.8) is 0 Å². The van der Waals surface area contributed by atoms with Gasteiger partial charge in [-0.3, -0.25) is 0 Å². The van der Waals surface area contributed by atoms with Crippen molar-refractivity contribution in [1.29, 1.82) is 0 Å². The highest BCUT2D eigenvalue weighted by Crippen LogP contribution is 2.10. The summed E-state index contributed by atoms with van der Waals surface area (Å²) in [6.45, 7) is 8.09. The Bertz CT molecular complexity index is 133. The Morgan fingerprint density at radius 1 is 1.29 bits per heavy atom. The molecule has 2 aliphatic rings. The van der Waals surface area contributed by atoms with Crippen LogP contribution in [-0.2, 0) is 4.74 Å². The lowest BCUT2D eigenvalue weighted by molar-refractivity contribution is 0.185. The minimum Gasteiger partial charge on any atom is -0.381 e. The minimum atomic E-state index is 0.772. The van der Waals surface area contributed by atoms with Gasteiger partial charge in [0.15, 0.2) is 0 Å². The molecule has 0 aromatic carbocycles.